The van der Waals surface area contributed by atoms with E-state index in [2.05, 4.69) is 29.1 Å². The molecule has 0 aromatic rings. The predicted octanol–water partition coefficient (Wildman–Crippen LogP) is 2.20. The lowest BCUT2D eigenvalue weighted by atomic mass is 10.1. The standard InChI is InChI=1S/C17H37N3O/c1-3-4-6-11-19(2)14-9-18-10-16-21-17-15-20-12-7-5-8-13-20/h18H,3-17H2,1-2H3. The van der Waals surface area contributed by atoms with E-state index in [-0.39, 0.29) is 0 Å². The van der Waals surface area contributed by atoms with E-state index in [1.807, 2.05) is 0 Å². The van der Waals surface area contributed by atoms with Gasteiger partial charge in [-0.05, 0) is 45.9 Å². The number of unbranched alkanes of at least 4 members (excludes halogenated alkanes) is 2. The molecule has 0 aliphatic carbocycles. The molecule has 0 aromatic carbocycles. The minimum atomic E-state index is 0.841. The lowest BCUT2D eigenvalue weighted by Gasteiger charge is -2.26. The predicted molar refractivity (Wildman–Crippen MR) is 91.0 cm³/mol. The van der Waals surface area contributed by atoms with Gasteiger partial charge in [0.2, 0.25) is 0 Å². The molecular weight excluding hydrogens is 262 g/mol. The number of nitrogens with one attached hydrogen (secondary N) is 1. The van der Waals surface area contributed by atoms with Crippen LogP contribution in [0.25, 0.3) is 0 Å². The monoisotopic (exact) mass is 299 g/mol. The van der Waals surface area contributed by atoms with Gasteiger partial charge in [0, 0.05) is 26.2 Å². The average molecular weight is 300 g/mol. The van der Waals surface area contributed by atoms with Crippen LogP contribution in [-0.2, 0) is 4.74 Å². The van der Waals surface area contributed by atoms with Crippen molar-refractivity contribution in [1.29, 1.82) is 0 Å². The molecule has 1 N–H and O–H groups in total. The summed E-state index contributed by atoms with van der Waals surface area (Å²) in [7, 11) is 2.21. The first-order valence-corrected chi connectivity index (χ1v) is 9.02. The molecular formula is C17H37N3O. The molecule has 1 aliphatic rings. The summed E-state index contributed by atoms with van der Waals surface area (Å²) in [5.74, 6) is 0. The van der Waals surface area contributed by atoms with Crippen LogP contribution in [0, 0.1) is 0 Å². The van der Waals surface area contributed by atoms with E-state index < -0.39 is 0 Å². The van der Waals surface area contributed by atoms with Crippen molar-refractivity contribution in [3.8, 4) is 0 Å². The van der Waals surface area contributed by atoms with E-state index in [1.165, 1.54) is 58.2 Å². The fourth-order valence-corrected chi connectivity index (χ4v) is 2.76. The molecule has 0 unspecified atom stereocenters. The smallest absolute Gasteiger partial charge is 0.0594 e. The first kappa shape index (κ1) is 18.9. The molecule has 1 heterocycles. The van der Waals surface area contributed by atoms with Crippen LogP contribution in [0.1, 0.15) is 45.4 Å². The molecule has 1 rings (SSSR count). The second-order valence-corrected chi connectivity index (χ2v) is 6.28. The number of rotatable bonds is 13. The van der Waals surface area contributed by atoms with Crippen molar-refractivity contribution >= 4 is 0 Å². The Morgan fingerprint density at radius 3 is 2.57 bits per heavy atom. The molecule has 0 amide bonds. The van der Waals surface area contributed by atoms with Crippen molar-refractivity contribution in [2.45, 2.75) is 45.4 Å². The van der Waals surface area contributed by atoms with Gasteiger partial charge < -0.3 is 19.9 Å². The van der Waals surface area contributed by atoms with Crippen LogP contribution in [0.3, 0.4) is 0 Å². The third kappa shape index (κ3) is 11.1. The third-order valence-electron chi connectivity index (χ3n) is 4.24. The van der Waals surface area contributed by atoms with E-state index >= 15 is 0 Å². The molecule has 0 bridgehead atoms. The first-order chi connectivity index (χ1) is 10.3. The maximum absolute atomic E-state index is 5.71. The Labute approximate surface area is 132 Å². The molecule has 126 valence electrons. The lowest BCUT2D eigenvalue weighted by Crippen LogP contribution is -2.34. The molecule has 1 fully saturated rings. The molecule has 0 radical (unpaired) electrons. The number of likely N-dealkylation sites (N-methyl/N-ethyl adjacent to an activating group) is 1. The van der Waals surface area contributed by atoms with Crippen LogP contribution in [0.15, 0.2) is 0 Å². The normalized spacial score (nSPS) is 16.7. The van der Waals surface area contributed by atoms with E-state index in [0.717, 1.165) is 39.4 Å². The Bertz CT molecular complexity index is 220. The largest absolute Gasteiger partial charge is 0.379 e. The van der Waals surface area contributed by atoms with Crippen LogP contribution in [-0.4, -0.2) is 75.9 Å². The van der Waals surface area contributed by atoms with Gasteiger partial charge in [-0.25, -0.2) is 0 Å². The van der Waals surface area contributed by atoms with Crippen LogP contribution in [0.2, 0.25) is 0 Å². The highest BCUT2D eigenvalue weighted by Gasteiger charge is 2.08. The molecule has 21 heavy (non-hydrogen) atoms. The zero-order chi connectivity index (χ0) is 15.2. The van der Waals surface area contributed by atoms with Crippen LogP contribution in [0.5, 0.6) is 0 Å². The van der Waals surface area contributed by atoms with Gasteiger partial charge in [0.1, 0.15) is 0 Å². The highest BCUT2D eigenvalue weighted by Crippen LogP contribution is 2.07. The summed E-state index contributed by atoms with van der Waals surface area (Å²) in [5, 5.41) is 3.46. The van der Waals surface area contributed by atoms with Gasteiger partial charge in [0.15, 0.2) is 0 Å². The van der Waals surface area contributed by atoms with E-state index in [0.29, 0.717) is 0 Å². The highest BCUT2D eigenvalue weighted by atomic mass is 16.5. The number of hydrogen-bond acceptors (Lipinski definition) is 4. The maximum atomic E-state index is 5.71. The zero-order valence-electron chi connectivity index (χ0n) is 14.4. The van der Waals surface area contributed by atoms with Gasteiger partial charge in [0.25, 0.3) is 0 Å². The maximum Gasteiger partial charge on any atom is 0.0594 e. The van der Waals surface area contributed by atoms with Gasteiger partial charge in [-0.3, -0.25) is 0 Å². The number of piperidine rings is 1. The number of likely N-dealkylation sites (tertiary alicyclic amines) is 1. The van der Waals surface area contributed by atoms with E-state index in [1.54, 1.807) is 0 Å². The summed E-state index contributed by atoms with van der Waals surface area (Å²) in [6.45, 7) is 12.0. The fraction of sp³-hybridized carbons (Fsp3) is 1.00. The summed E-state index contributed by atoms with van der Waals surface area (Å²) in [5.41, 5.74) is 0. The van der Waals surface area contributed by atoms with Crippen molar-refractivity contribution < 1.29 is 4.74 Å². The van der Waals surface area contributed by atoms with Crippen molar-refractivity contribution in [1.82, 2.24) is 15.1 Å². The zero-order valence-corrected chi connectivity index (χ0v) is 14.4. The molecule has 1 saturated heterocycles. The van der Waals surface area contributed by atoms with Crippen molar-refractivity contribution in [3.63, 3.8) is 0 Å². The van der Waals surface area contributed by atoms with Gasteiger partial charge in [-0.15, -0.1) is 0 Å². The summed E-state index contributed by atoms with van der Waals surface area (Å²) >= 11 is 0. The van der Waals surface area contributed by atoms with Crippen molar-refractivity contribution in [3.05, 3.63) is 0 Å². The summed E-state index contributed by atoms with van der Waals surface area (Å²) in [6, 6.07) is 0. The molecule has 4 nitrogen and oxygen atoms in total. The molecule has 0 atom stereocenters. The molecule has 4 heteroatoms. The van der Waals surface area contributed by atoms with Gasteiger partial charge in [-0.2, -0.15) is 0 Å². The van der Waals surface area contributed by atoms with E-state index in [4.69, 9.17) is 4.74 Å². The topological polar surface area (TPSA) is 27.7 Å². The SMILES string of the molecule is CCCCCN(C)CCNCCOCCN1CCCCC1. The van der Waals surface area contributed by atoms with Crippen LogP contribution in [0.4, 0.5) is 0 Å². The Morgan fingerprint density at radius 2 is 1.81 bits per heavy atom. The summed E-state index contributed by atoms with van der Waals surface area (Å²) in [6.07, 6.45) is 8.13. The average Bonchev–Trinajstić information content (AvgIpc) is 2.51. The van der Waals surface area contributed by atoms with Crippen LogP contribution < -0.4 is 5.32 Å². The number of hydrogen-bond donors (Lipinski definition) is 1. The van der Waals surface area contributed by atoms with E-state index in [9.17, 15) is 0 Å². The number of nitrogens with zero attached hydrogens (tertiary/aromatic N) is 2. The summed E-state index contributed by atoms with van der Waals surface area (Å²) in [4.78, 5) is 4.95. The van der Waals surface area contributed by atoms with Gasteiger partial charge in [-0.1, -0.05) is 26.2 Å². The fourth-order valence-electron chi connectivity index (χ4n) is 2.76. The molecule has 0 spiro atoms. The van der Waals surface area contributed by atoms with Crippen LogP contribution >= 0.6 is 0 Å². The van der Waals surface area contributed by atoms with Gasteiger partial charge >= 0.3 is 0 Å². The molecule has 0 saturated carbocycles. The Hall–Kier alpha value is -0.160. The lowest BCUT2D eigenvalue weighted by molar-refractivity contribution is 0.0977. The second-order valence-electron chi connectivity index (χ2n) is 6.28. The second kappa shape index (κ2) is 13.5. The van der Waals surface area contributed by atoms with Gasteiger partial charge in [0.05, 0.1) is 13.2 Å². The minimum Gasteiger partial charge on any atom is -0.379 e. The Kier molecular flexibility index (Phi) is 12.1. The summed E-state index contributed by atoms with van der Waals surface area (Å²) < 4.78 is 5.71. The first-order valence-electron chi connectivity index (χ1n) is 9.02. The van der Waals surface area contributed by atoms with Crippen molar-refractivity contribution in [2.75, 3.05) is 66.1 Å². The molecule has 1 aliphatic heterocycles. The third-order valence-corrected chi connectivity index (χ3v) is 4.24. The Morgan fingerprint density at radius 1 is 1.00 bits per heavy atom. The highest BCUT2D eigenvalue weighted by molar-refractivity contribution is 4.63. The van der Waals surface area contributed by atoms with Crippen molar-refractivity contribution in [2.24, 2.45) is 0 Å². The Balaban J connectivity index is 1.77. The quantitative estimate of drug-likeness (QED) is 0.528. The molecule has 0 aromatic heterocycles. The number of ether oxygens (including phenoxy) is 1. The minimum absolute atomic E-state index is 0.841.